The molecule has 0 atom stereocenters. The van der Waals surface area contributed by atoms with Crippen LogP contribution in [0.2, 0.25) is 5.02 Å². The first-order valence-electron chi connectivity index (χ1n) is 9.35. The fourth-order valence-corrected chi connectivity index (χ4v) is 6.56. The third-order valence-corrected chi connectivity index (χ3v) is 8.59. The van der Waals surface area contributed by atoms with Crippen LogP contribution >= 0.6 is 24.0 Å². The van der Waals surface area contributed by atoms with Gasteiger partial charge in [0.25, 0.3) is 0 Å². The molecule has 0 aromatic heterocycles. The lowest BCUT2D eigenvalue weighted by molar-refractivity contribution is -0.135. The van der Waals surface area contributed by atoms with Gasteiger partial charge in [-0.25, -0.2) is 8.42 Å². The maximum Gasteiger partial charge on any atom is 0.244 e. The van der Waals surface area contributed by atoms with Gasteiger partial charge < -0.3 is 10.2 Å². The number of hydrogen-bond donors (Lipinski definition) is 1. The number of sulfone groups is 1. The van der Waals surface area contributed by atoms with E-state index in [1.54, 1.807) is 17.0 Å². The molecule has 5 nitrogen and oxygen atoms in total. The van der Waals surface area contributed by atoms with Crippen LogP contribution in [0.3, 0.4) is 0 Å². The number of rotatable bonds is 5. The number of nitrogens with zero attached hydrogens (tertiary/aromatic N) is 1. The molecule has 2 aliphatic rings. The quantitative estimate of drug-likeness (QED) is 0.771. The molecule has 1 saturated carbocycles. The van der Waals surface area contributed by atoms with E-state index >= 15 is 0 Å². The highest BCUT2D eigenvalue weighted by molar-refractivity contribution is 7.93. The average Bonchev–Trinajstić information content (AvgIpc) is 3.14. The van der Waals surface area contributed by atoms with Gasteiger partial charge in [0.1, 0.15) is 0 Å². The van der Waals surface area contributed by atoms with Crippen molar-refractivity contribution < 1.29 is 13.2 Å². The minimum atomic E-state index is -3.75. The predicted octanol–water partition coefficient (Wildman–Crippen LogP) is 3.31. The third-order valence-electron chi connectivity index (χ3n) is 5.83. The van der Waals surface area contributed by atoms with Crippen molar-refractivity contribution in [1.82, 2.24) is 10.2 Å². The van der Waals surface area contributed by atoms with Gasteiger partial charge in [-0.05, 0) is 69.5 Å². The molecule has 3 rings (SSSR count). The van der Waals surface area contributed by atoms with Crippen molar-refractivity contribution in [3.63, 3.8) is 0 Å². The number of amides is 1. The molecule has 0 radical (unpaired) electrons. The highest BCUT2D eigenvalue weighted by Gasteiger charge is 2.54. The van der Waals surface area contributed by atoms with Crippen molar-refractivity contribution in [2.24, 2.45) is 5.92 Å². The zero-order chi connectivity index (χ0) is 18.8. The summed E-state index contributed by atoms with van der Waals surface area (Å²) in [4.78, 5) is 15.4. The molecule has 1 aliphatic heterocycles. The second kappa shape index (κ2) is 9.12. The van der Waals surface area contributed by atoms with Gasteiger partial charge in [-0.15, -0.1) is 12.4 Å². The van der Waals surface area contributed by atoms with E-state index in [0.717, 1.165) is 32.2 Å². The van der Waals surface area contributed by atoms with Crippen LogP contribution in [0.15, 0.2) is 29.2 Å². The van der Waals surface area contributed by atoms with Gasteiger partial charge in [-0.2, -0.15) is 0 Å². The number of nitrogens with one attached hydrogen (secondary N) is 1. The largest absolute Gasteiger partial charge is 0.341 e. The topological polar surface area (TPSA) is 66.5 Å². The molecular formula is C19H28Cl2N2O3S. The van der Waals surface area contributed by atoms with Gasteiger partial charge >= 0.3 is 0 Å². The average molecular weight is 435 g/mol. The van der Waals surface area contributed by atoms with Crippen LogP contribution in [-0.2, 0) is 14.6 Å². The van der Waals surface area contributed by atoms with Crippen LogP contribution in [-0.4, -0.2) is 50.7 Å². The summed E-state index contributed by atoms with van der Waals surface area (Å²) in [5.41, 5.74) is 0. The first-order chi connectivity index (χ1) is 12.4. The first kappa shape index (κ1) is 22.5. The zero-order valence-corrected chi connectivity index (χ0v) is 18.0. The van der Waals surface area contributed by atoms with Crippen molar-refractivity contribution in [2.45, 2.75) is 48.2 Å². The van der Waals surface area contributed by atoms with E-state index in [4.69, 9.17) is 11.6 Å². The standard InChI is InChI=1S/C19H27ClN2O3S.ClH/c1-21-14-15-8-12-22(13-9-15)18(23)19(10-2-3-11-19)26(24,25)17-6-4-16(20)5-7-17;/h4-7,15,21H,2-3,8-14H2,1H3;1H. The molecule has 0 unspecified atom stereocenters. The lowest BCUT2D eigenvalue weighted by Gasteiger charge is -2.38. The van der Waals surface area contributed by atoms with Crippen LogP contribution in [0.25, 0.3) is 0 Å². The van der Waals surface area contributed by atoms with Crippen LogP contribution in [0.4, 0.5) is 0 Å². The molecule has 1 heterocycles. The Labute approximate surface area is 173 Å². The Morgan fingerprint density at radius 2 is 1.74 bits per heavy atom. The lowest BCUT2D eigenvalue weighted by Crippen LogP contribution is -2.54. The molecular weight excluding hydrogens is 407 g/mol. The molecule has 1 aliphatic carbocycles. The van der Waals surface area contributed by atoms with E-state index in [2.05, 4.69) is 5.32 Å². The summed E-state index contributed by atoms with van der Waals surface area (Å²) in [6.45, 7) is 2.22. The van der Waals surface area contributed by atoms with Crippen molar-refractivity contribution in [3.05, 3.63) is 29.3 Å². The number of piperidine rings is 1. The minimum absolute atomic E-state index is 0. The van der Waals surface area contributed by atoms with Crippen molar-refractivity contribution in [2.75, 3.05) is 26.7 Å². The summed E-state index contributed by atoms with van der Waals surface area (Å²) in [5.74, 6) is 0.351. The van der Waals surface area contributed by atoms with E-state index in [9.17, 15) is 13.2 Å². The fourth-order valence-electron chi connectivity index (χ4n) is 4.30. The number of benzene rings is 1. The number of halogens is 2. The normalized spacial score (nSPS) is 20.3. The van der Waals surface area contributed by atoms with Gasteiger partial charge in [-0.1, -0.05) is 24.4 Å². The summed E-state index contributed by atoms with van der Waals surface area (Å²) >= 11 is 5.90. The molecule has 2 fully saturated rings. The predicted molar refractivity (Wildman–Crippen MR) is 110 cm³/mol. The summed E-state index contributed by atoms with van der Waals surface area (Å²) in [5, 5.41) is 3.67. The number of carbonyl (C=O) groups excluding carboxylic acids is 1. The molecule has 1 aromatic rings. The van der Waals surface area contributed by atoms with Gasteiger partial charge in [0.15, 0.2) is 14.6 Å². The second-order valence-corrected chi connectivity index (χ2v) is 10.1. The van der Waals surface area contributed by atoms with Gasteiger partial charge in [0.2, 0.25) is 5.91 Å². The minimum Gasteiger partial charge on any atom is -0.341 e. The van der Waals surface area contributed by atoms with Crippen LogP contribution in [0.5, 0.6) is 0 Å². The smallest absolute Gasteiger partial charge is 0.244 e. The second-order valence-electron chi connectivity index (χ2n) is 7.45. The Kier molecular flexibility index (Phi) is 7.59. The first-order valence-corrected chi connectivity index (χ1v) is 11.2. The molecule has 27 heavy (non-hydrogen) atoms. The molecule has 0 spiro atoms. The van der Waals surface area contributed by atoms with Crippen molar-refractivity contribution in [1.29, 1.82) is 0 Å². The highest BCUT2D eigenvalue weighted by atomic mass is 35.5. The van der Waals surface area contributed by atoms with E-state index in [1.807, 2.05) is 7.05 Å². The fraction of sp³-hybridized carbons (Fsp3) is 0.632. The van der Waals surface area contributed by atoms with Crippen LogP contribution in [0, 0.1) is 5.92 Å². The van der Waals surface area contributed by atoms with Crippen LogP contribution < -0.4 is 5.32 Å². The van der Waals surface area contributed by atoms with Crippen LogP contribution in [0.1, 0.15) is 38.5 Å². The maximum atomic E-state index is 13.4. The van der Waals surface area contributed by atoms with E-state index < -0.39 is 14.6 Å². The molecule has 0 bridgehead atoms. The molecule has 152 valence electrons. The maximum absolute atomic E-state index is 13.4. The lowest BCUT2D eigenvalue weighted by atomic mass is 9.95. The molecule has 1 aromatic carbocycles. The SMILES string of the molecule is CNCC1CCN(C(=O)C2(S(=O)(=O)c3ccc(Cl)cc3)CCCC2)CC1.Cl. The van der Waals surface area contributed by atoms with Gasteiger partial charge in [-0.3, -0.25) is 4.79 Å². The molecule has 8 heteroatoms. The summed E-state index contributed by atoms with van der Waals surface area (Å²) < 4.78 is 25.5. The van der Waals surface area contributed by atoms with Crippen molar-refractivity contribution >= 4 is 39.8 Å². The summed E-state index contributed by atoms with van der Waals surface area (Å²) in [6.07, 6.45) is 4.21. The Balaban J connectivity index is 0.00000261. The Bertz CT molecular complexity index is 739. The number of likely N-dealkylation sites (tertiary alicyclic amines) is 1. The Morgan fingerprint density at radius 3 is 2.26 bits per heavy atom. The van der Waals surface area contributed by atoms with Gasteiger partial charge in [0.05, 0.1) is 4.90 Å². The Morgan fingerprint density at radius 1 is 1.19 bits per heavy atom. The van der Waals surface area contributed by atoms with E-state index in [1.165, 1.54) is 12.1 Å². The van der Waals surface area contributed by atoms with E-state index in [0.29, 0.717) is 36.9 Å². The highest BCUT2D eigenvalue weighted by Crippen LogP contribution is 2.42. The number of hydrogen-bond acceptors (Lipinski definition) is 4. The van der Waals surface area contributed by atoms with Crippen molar-refractivity contribution in [3.8, 4) is 0 Å². The zero-order valence-electron chi connectivity index (χ0n) is 15.6. The molecule has 1 amide bonds. The molecule has 1 saturated heterocycles. The summed E-state index contributed by atoms with van der Waals surface area (Å²) in [6, 6.07) is 6.18. The Hall–Kier alpha value is -0.820. The van der Waals surface area contributed by atoms with Gasteiger partial charge in [0, 0.05) is 18.1 Å². The van der Waals surface area contributed by atoms with E-state index in [-0.39, 0.29) is 23.2 Å². The molecule has 1 N–H and O–H groups in total. The summed E-state index contributed by atoms with van der Waals surface area (Å²) in [7, 11) is -1.82. The monoisotopic (exact) mass is 434 g/mol. The number of carbonyl (C=O) groups is 1. The third kappa shape index (κ3) is 4.29.